The van der Waals surface area contributed by atoms with Gasteiger partial charge in [-0.25, -0.2) is 0 Å². The van der Waals surface area contributed by atoms with Crippen LogP contribution >= 0.6 is 0 Å². The van der Waals surface area contributed by atoms with E-state index >= 15 is 0 Å². The lowest BCUT2D eigenvalue weighted by Gasteiger charge is -2.39. The Morgan fingerprint density at radius 2 is 2.20 bits per heavy atom. The minimum atomic E-state index is -0.818. The molecule has 1 heterocycles. The van der Waals surface area contributed by atoms with Crippen LogP contribution in [-0.4, -0.2) is 46.8 Å². The van der Waals surface area contributed by atoms with Gasteiger partial charge in [0.1, 0.15) is 5.54 Å². The van der Waals surface area contributed by atoms with Gasteiger partial charge in [0.2, 0.25) is 0 Å². The first-order chi connectivity index (χ1) is 6.91. The van der Waals surface area contributed by atoms with Gasteiger partial charge in [0.05, 0.1) is 6.10 Å². The Hall–Kier alpha value is -0.610. The zero-order valence-electron chi connectivity index (χ0n) is 9.99. The van der Waals surface area contributed by atoms with E-state index in [0.717, 1.165) is 19.6 Å². The fourth-order valence-corrected chi connectivity index (χ4v) is 2.30. The molecular formula is C11H21NO3. The molecule has 1 aliphatic rings. The summed E-state index contributed by atoms with van der Waals surface area (Å²) in [6.07, 6.45) is 1.05. The van der Waals surface area contributed by atoms with Gasteiger partial charge < -0.3 is 9.84 Å². The first kappa shape index (κ1) is 12.5. The molecule has 0 aliphatic carbocycles. The first-order valence-corrected chi connectivity index (χ1v) is 5.53. The molecule has 0 spiro atoms. The number of hydrogen-bond donors (Lipinski definition) is 1. The summed E-state index contributed by atoms with van der Waals surface area (Å²) in [4.78, 5) is 13.2. The molecule has 88 valence electrons. The predicted molar refractivity (Wildman–Crippen MR) is 57.9 cm³/mol. The lowest BCUT2D eigenvalue weighted by atomic mass is 9.97. The fraction of sp³-hybridized carbons (Fsp3) is 0.909. The van der Waals surface area contributed by atoms with Crippen molar-refractivity contribution in [2.75, 3.05) is 13.2 Å². The summed E-state index contributed by atoms with van der Waals surface area (Å²) in [7, 11) is 0. The maximum atomic E-state index is 11.2. The van der Waals surface area contributed by atoms with Crippen molar-refractivity contribution in [1.29, 1.82) is 0 Å². The summed E-state index contributed by atoms with van der Waals surface area (Å²) in [5.74, 6) is -0.775. The highest BCUT2D eigenvalue weighted by atomic mass is 16.5. The number of aliphatic carboxylic acids is 1. The van der Waals surface area contributed by atoms with Gasteiger partial charge >= 0.3 is 5.97 Å². The number of carbonyl (C=O) groups is 1. The smallest absolute Gasteiger partial charge is 0.323 e. The van der Waals surface area contributed by atoms with Crippen LogP contribution in [0.3, 0.4) is 0 Å². The van der Waals surface area contributed by atoms with Gasteiger partial charge in [-0.2, -0.15) is 0 Å². The molecule has 0 amide bonds. The van der Waals surface area contributed by atoms with Gasteiger partial charge in [-0.05, 0) is 33.7 Å². The van der Waals surface area contributed by atoms with Crippen molar-refractivity contribution in [3.8, 4) is 0 Å². The maximum Gasteiger partial charge on any atom is 0.323 e. The molecule has 1 aliphatic heterocycles. The summed E-state index contributed by atoms with van der Waals surface area (Å²) < 4.78 is 5.49. The molecule has 0 bridgehead atoms. The largest absolute Gasteiger partial charge is 0.480 e. The van der Waals surface area contributed by atoms with Crippen molar-refractivity contribution < 1.29 is 14.6 Å². The molecule has 1 saturated heterocycles. The van der Waals surface area contributed by atoms with Gasteiger partial charge in [-0.3, -0.25) is 9.69 Å². The highest BCUT2D eigenvalue weighted by molar-refractivity contribution is 5.77. The number of carboxylic acids is 1. The van der Waals surface area contributed by atoms with E-state index in [4.69, 9.17) is 4.74 Å². The van der Waals surface area contributed by atoms with Gasteiger partial charge in [0, 0.05) is 12.6 Å². The predicted octanol–water partition coefficient (Wildman–Crippen LogP) is 1.35. The number of nitrogens with zero attached hydrogens (tertiary/aromatic N) is 1. The summed E-state index contributed by atoms with van der Waals surface area (Å²) in [5.41, 5.74) is -0.818. The highest BCUT2D eigenvalue weighted by Gasteiger charge is 2.41. The van der Waals surface area contributed by atoms with Crippen molar-refractivity contribution in [3.63, 3.8) is 0 Å². The van der Waals surface area contributed by atoms with E-state index in [0.29, 0.717) is 0 Å². The van der Waals surface area contributed by atoms with E-state index in [1.807, 2.05) is 18.7 Å². The van der Waals surface area contributed by atoms with Crippen LogP contribution in [0.5, 0.6) is 0 Å². The molecule has 1 fully saturated rings. The van der Waals surface area contributed by atoms with Crippen LogP contribution in [0.15, 0.2) is 0 Å². The molecule has 4 nitrogen and oxygen atoms in total. The van der Waals surface area contributed by atoms with Crippen LogP contribution < -0.4 is 0 Å². The standard InChI is InChI=1S/C11H21NO3/c1-5-12(11(3,4)10(13)14)9-6-7-15-8(9)2/h8-9H,5-7H2,1-4H3,(H,13,14). The second-order valence-corrected chi connectivity index (χ2v) is 4.58. The zero-order valence-corrected chi connectivity index (χ0v) is 9.99. The summed E-state index contributed by atoms with van der Waals surface area (Å²) in [6, 6.07) is 0.223. The molecule has 0 aromatic rings. The molecule has 0 radical (unpaired) electrons. The average molecular weight is 215 g/mol. The number of rotatable bonds is 4. The van der Waals surface area contributed by atoms with Crippen molar-refractivity contribution >= 4 is 5.97 Å². The molecule has 2 unspecified atom stereocenters. The van der Waals surface area contributed by atoms with Crippen molar-refractivity contribution in [1.82, 2.24) is 4.90 Å². The Morgan fingerprint density at radius 3 is 2.53 bits per heavy atom. The van der Waals surface area contributed by atoms with E-state index in [2.05, 4.69) is 0 Å². The molecule has 15 heavy (non-hydrogen) atoms. The van der Waals surface area contributed by atoms with Crippen LogP contribution in [0.2, 0.25) is 0 Å². The average Bonchev–Trinajstić information content (AvgIpc) is 2.53. The second-order valence-electron chi connectivity index (χ2n) is 4.58. The number of likely N-dealkylation sites (N-methyl/N-ethyl adjacent to an activating group) is 1. The third-order valence-electron chi connectivity index (χ3n) is 3.32. The zero-order chi connectivity index (χ0) is 11.6. The van der Waals surface area contributed by atoms with Crippen LogP contribution in [0, 0.1) is 0 Å². The Kier molecular flexibility index (Phi) is 3.73. The van der Waals surface area contributed by atoms with Crippen LogP contribution in [0.25, 0.3) is 0 Å². The number of ether oxygens (including phenoxy) is 1. The van der Waals surface area contributed by atoms with E-state index in [1.165, 1.54) is 0 Å². The Bertz CT molecular complexity index is 240. The molecule has 1 N–H and O–H groups in total. The van der Waals surface area contributed by atoms with E-state index in [1.54, 1.807) is 13.8 Å². The molecular weight excluding hydrogens is 194 g/mol. The lowest BCUT2D eigenvalue weighted by Crippen LogP contribution is -2.56. The highest BCUT2D eigenvalue weighted by Crippen LogP contribution is 2.26. The van der Waals surface area contributed by atoms with Crippen molar-refractivity contribution in [2.45, 2.75) is 51.8 Å². The minimum Gasteiger partial charge on any atom is -0.480 e. The minimum absolute atomic E-state index is 0.128. The Labute approximate surface area is 91.2 Å². The normalized spacial score (nSPS) is 27.3. The quantitative estimate of drug-likeness (QED) is 0.769. The summed E-state index contributed by atoms with van der Waals surface area (Å²) in [6.45, 7) is 8.98. The van der Waals surface area contributed by atoms with Crippen molar-refractivity contribution in [3.05, 3.63) is 0 Å². The van der Waals surface area contributed by atoms with Crippen LogP contribution in [0.4, 0.5) is 0 Å². The first-order valence-electron chi connectivity index (χ1n) is 5.53. The van der Waals surface area contributed by atoms with Gasteiger partial charge in [0.25, 0.3) is 0 Å². The summed E-state index contributed by atoms with van der Waals surface area (Å²) in [5, 5.41) is 9.21. The molecule has 0 aromatic carbocycles. The topological polar surface area (TPSA) is 49.8 Å². The Balaban J connectivity index is 2.83. The van der Waals surface area contributed by atoms with Gasteiger partial charge in [-0.15, -0.1) is 0 Å². The number of carboxylic acid groups (broad SMARTS) is 1. The van der Waals surface area contributed by atoms with E-state index in [9.17, 15) is 9.90 Å². The van der Waals surface area contributed by atoms with Crippen LogP contribution in [0.1, 0.15) is 34.1 Å². The molecule has 0 aromatic heterocycles. The third-order valence-corrected chi connectivity index (χ3v) is 3.32. The fourth-order valence-electron chi connectivity index (χ4n) is 2.30. The molecule has 4 heteroatoms. The monoisotopic (exact) mass is 215 g/mol. The van der Waals surface area contributed by atoms with Gasteiger partial charge in [-0.1, -0.05) is 6.92 Å². The molecule has 1 rings (SSSR count). The SMILES string of the molecule is CCN(C1CCOC1C)C(C)(C)C(=O)O. The maximum absolute atomic E-state index is 11.2. The molecule has 2 atom stereocenters. The van der Waals surface area contributed by atoms with E-state index in [-0.39, 0.29) is 12.1 Å². The Morgan fingerprint density at radius 1 is 1.60 bits per heavy atom. The van der Waals surface area contributed by atoms with Crippen LogP contribution in [-0.2, 0) is 9.53 Å². The summed E-state index contributed by atoms with van der Waals surface area (Å²) >= 11 is 0. The molecule has 0 saturated carbocycles. The third kappa shape index (κ3) is 2.32. The second kappa shape index (κ2) is 4.49. The van der Waals surface area contributed by atoms with E-state index < -0.39 is 11.5 Å². The van der Waals surface area contributed by atoms with Crippen molar-refractivity contribution in [2.24, 2.45) is 0 Å². The number of hydrogen-bond acceptors (Lipinski definition) is 3. The van der Waals surface area contributed by atoms with Gasteiger partial charge in [0.15, 0.2) is 0 Å². The lowest BCUT2D eigenvalue weighted by molar-refractivity contribution is -0.151.